The largest absolute Gasteiger partial charge is 0.367 e. The smallest absolute Gasteiger partial charge is 0.263 e. The van der Waals surface area contributed by atoms with Crippen LogP contribution >= 0.6 is 0 Å². The van der Waals surface area contributed by atoms with E-state index in [1.165, 1.54) is 25.3 Å². The van der Waals surface area contributed by atoms with Crippen molar-refractivity contribution >= 4 is 29.5 Å². The number of rotatable bonds is 3. The van der Waals surface area contributed by atoms with Crippen molar-refractivity contribution in [3.05, 3.63) is 71.0 Å². The second kappa shape index (κ2) is 7.50. The summed E-state index contributed by atoms with van der Waals surface area (Å²) in [5.74, 6) is -1.07. The number of fused-ring (bicyclic) bond motifs is 1. The quantitative estimate of drug-likeness (QED) is 0.594. The van der Waals surface area contributed by atoms with Crippen LogP contribution in [0.25, 0.3) is 6.08 Å². The number of benzene rings is 2. The molecular weight excluding hydrogens is 373 g/mol. The van der Waals surface area contributed by atoms with Crippen LogP contribution in [0.15, 0.2) is 48.5 Å². The SMILES string of the molecule is CN1C(=O)c2cccc(N3CCN(C(=O)/C=C/c4cccc(F)c4)CC3)c2C1=O. The second-order valence-electron chi connectivity index (χ2n) is 7.07. The highest BCUT2D eigenvalue weighted by atomic mass is 19.1. The Labute approximate surface area is 167 Å². The summed E-state index contributed by atoms with van der Waals surface area (Å²) >= 11 is 0. The van der Waals surface area contributed by atoms with Gasteiger partial charge in [-0.15, -0.1) is 0 Å². The van der Waals surface area contributed by atoms with E-state index >= 15 is 0 Å². The molecule has 0 bridgehead atoms. The number of anilines is 1. The standard InChI is InChI=1S/C22H20FN3O3/c1-24-21(28)17-6-3-7-18(20(17)22(24)29)25-10-12-26(13-11-25)19(27)9-8-15-4-2-5-16(23)14-15/h2-9,14H,10-13H2,1H3/b9-8+. The third kappa shape index (κ3) is 3.51. The first-order valence-electron chi connectivity index (χ1n) is 9.38. The van der Waals surface area contributed by atoms with Crippen LogP contribution in [0.5, 0.6) is 0 Å². The minimum atomic E-state index is -0.345. The zero-order valence-electron chi connectivity index (χ0n) is 16.0. The molecule has 1 saturated heterocycles. The third-order valence-electron chi connectivity index (χ3n) is 5.30. The van der Waals surface area contributed by atoms with Gasteiger partial charge < -0.3 is 9.80 Å². The number of amides is 3. The lowest BCUT2D eigenvalue weighted by molar-refractivity contribution is -0.126. The molecule has 6 nitrogen and oxygen atoms in total. The molecule has 29 heavy (non-hydrogen) atoms. The van der Waals surface area contributed by atoms with E-state index in [1.807, 2.05) is 11.0 Å². The summed E-state index contributed by atoms with van der Waals surface area (Å²) in [6, 6.07) is 11.3. The molecule has 0 saturated carbocycles. The predicted octanol–water partition coefficient (Wildman–Crippen LogP) is 2.41. The normalized spacial score (nSPS) is 16.7. The van der Waals surface area contributed by atoms with Crippen LogP contribution in [0, 0.1) is 5.82 Å². The lowest BCUT2D eigenvalue weighted by atomic mass is 10.1. The van der Waals surface area contributed by atoms with E-state index in [9.17, 15) is 18.8 Å². The molecule has 2 aliphatic rings. The number of nitrogens with zero attached hydrogens (tertiary/aromatic N) is 3. The monoisotopic (exact) mass is 393 g/mol. The Morgan fingerprint density at radius 2 is 1.72 bits per heavy atom. The highest BCUT2D eigenvalue weighted by Gasteiger charge is 2.36. The summed E-state index contributed by atoms with van der Waals surface area (Å²) in [5.41, 5.74) is 2.22. The summed E-state index contributed by atoms with van der Waals surface area (Å²) in [6.45, 7) is 2.10. The minimum absolute atomic E-state index is 0.141. The molecule has 0 unspecified atom stereocenters. The highest BCUT2D eigenvalue weighted by Crippen LogP contribution is 2.31. The van der Waals surface area contributed by atoms with E-state index in [0.29, 0.717) is 42.9 Å². The summed E-state index contributed by atoms with van der Waals surface area (Å²) in [4.78, 5) is 42.0. The van der Waals surface area contributed by atoms with Crippen molar-refractivity contribution in [2.24, 2.45) is 0 Å². The van der Waals surface area contributed by atoms with Gasteiger partial charge in [0.05, 0.1) is 16.8 Å². The van der Waals surface area contributed by atoms with Crippen molar-refractivity contribution in [2.45, 2.75) is 0 Å². The number of imide groups is 1. The second-order valence-corrected chi connectivity index (χ2v) is 7.07. The molecule has 0 spiro atoms. The van der Waals surface area contributed by atoms with Crippen LogP contribution < -0.4 is 4.90 Å². The number of carbonyl (C=O) groups is 3. The molecule has 0 N–H and O–H groups in total. The predicted molar refractivity (Wildman–Crippen MR) is 107 cm³/mol. The Morgan fingerprint density at radius 1 is 1.00 bits per heavy atom. The first-order chi connectivity index (χ1) is 14.0. The summed E-state index contributed by atoms with van der Waals surface area (Å²) in [6.07, 6.45) is 3.05. The van der Waals surface area contributed by atoms with Gasteiger partial charge in [-0.25, -0.2) is 4.39 Å². The van der Waals surface area contributed by atoms with E-state index in [2.05, 4.69) is 0 Å². The van der Waals surface area contributed by atoms with Gasteiger partial charge in [-0.1, -0.05) is 18.2 Å². The fourth-order valence-electron chi connectivity index (χ4n) is 3.70. The van der Waals surface area contributed by atoms with Gasteiger partial charge in [-0.2, -0.15) is 0 Å². The molecule has 0 aromatic heterocycles. The van der Waals surface area contributed by atoms with Crippen LogP contribution in [0.1, 0.15) is 26.3 Å². The number of hydrogen-bond donors (Lipinski definition) is 0. The summed E-state index contributed by atoms with van der Waals surface area (Å²) in [5, 5.41) is 0. The van der Waals surface area contributed by atoms with E-state index in [4.69, 9.17) is 0 Å². The van der Waals surface area contributed by atoms with Crippen molar-refractivity contribution in [1.29, 1.82) is 0 Å². The molecule has 2 heterocycles. The number of piperazine rings is 1. The van der Waals surface area contributed by atoms with Gasteiger partial charge in [-0.05, 0) is 35.9 Å². The lowest BCUT2D eigenvalue weighted by Gasteiger charge is -2.36. The molecular formula is C22H20FN3O3. The minimum Gasteiger partial charge on any atom is -0.367 e. The van der Waals surface area contributed by atoms with Gasteiger partial charge in [0.2, 0.25) is 5.91 Å². The molecule has 3 amide bonds. The third-order valence-corrected chi connectivity index (χ3v) is 5.30. The van der Waals surface area contributed by atoms with Gasteiger partial charge >= 0.3 is 0 Å². The molecule has 2 aromatic carbocycles. The van der Waals surface area contributed by atoms with Gasteiger partial charge in [0, 0.05) is 39.3 Å². The van der Waals surface area contributed by atoms with Crippen molar-refractivity contribution in [2.75, 3.05) is 38.1 Å². The summed E-state index contributed by atoms with van der Waals surface area (Å²) in [7, 11) is 1.48. The van der Waals surface area contributed by atoms with Gasteiger partial charge in [0.15, 0.2) is 0 Å². The zero-order valence-corrected chi connectivity index (χ0v) is 16.0. The Morgan fingerprint density at radius 3 is 2.45 bits per heavy atom. The van der Waals surface area contributed by atoms with Gasteiger partial charge in [-0.3, -0.25) is 19.3 Å². The van der Waals surface area contributed by atoms with Crippen molar-refractivity contribution < 1.29 is 18.8 Å². The van der Waals surface area contributed by atoms with Crippen LogP contribution in [0.2, 0.25) is 0 Å². The van der Waals surface area contributed by atoms with Gasteiger partial charge in [0.1, 0.15) is 5.82 Å². The first-order valence-corrected chi connectivity index (χ1v) is 9.38. The molecule has 148 valence electrons. The fraction of sp³-hybridized carbons (Fsp3) is 0.227. The van der Waals surface area contributed by atoms with E-state index in [1.54, 1.807) is 35.2 Å². The molecule has 7 heteroatoms. The van der Waals surface area contributed by atoms with Crippen LogP contribution in [-0.4, -0.2) is 60.7 Å². The maximum Gasteiger partial charge on any atom is 0.263 e. The summed E-state index contributed by atoms with van der Waals surface area (Å²) < 4.78 is 13.2. The van der Waals surface area contributed by atoms with E-state index in [-0.39, 0.29) is 23.5 Å². The Bertz CT molecular complexity index is 1030. The molecule has 0 atom stereocenters. The number of halogens is 1. The number of carbonyl (C=O) groups excluding carboxylic acids is 3. The van der Waals surface area contributed by atoms with Crippen LogP contribution in [0.4, 0.5) is 10.1 Å². The Kier molecular flexibility index (Phi) is 4.88. The van der Waals surface area contributed by atoms with Crippen LogP contribution in [-0.2, 0) is 4.79 Å². The lowest BCUT2D eigenvalue weighted by Crippen LogP contribution is -2.48. The zero-order chi connectivity index (χ0) is 20.5. The molecule has 4 rings (SSSR count). The van der Waals surface area contributed by atoms with Crippen LogP contribution in [0.3, 0.4) is 0 Å². The maximum atomic E-state index is 13.2. The fourth-order valence-corrected chi connectivity index (χ4v) is 3.70. The first kappa shape index (κ1) is 18.9. The average Bonchev–Trinajstić information content (AvgIpc) is 2.96. The molecule has 1 fully saturated rings. The molecule has 2 aromatic rings. The Balaban J connectivity index is 1.44. The average molecular weight is 393 g/mol. The van der Waals surface area contributed by atoms with Crippen molar-refractivity contribution in [3.8, 4) is 0 Å². The number of hydrogen-bond acceptors (Lipinski definition) is 4. The molecule has 0 aliphatic carbocycles. The Hall–Kier alpha value is -3.48. The maximum absolute atomic E-state index is 13.2. The topological polar surface area (TPSA) is 60.9 Å². The van der Waals surface area contributed by atoms with Gasteiger partial charge in [0.25, 0.3) is 11.8 Å². The van der Waals surface area contributed by atoms with Crippen molar-refractivity contribution in [3.63, 3.8) is 0 Å². The highest BCUT2D eigenvalue weighted by molar-refractivity contribution is 6.23. The van der Waals surface area contributed by atoms with Crippen molar-refractivity contribution in [1.82, 2.24) is 9.80 Å². The van der Waals surface area contributed by atoms with E-state index in [0.717, 1.165) is 10.6 Å². The molecule has 0 radical (unpaired) electrons. The van der Waals surface area contributed by atoms with E-state index < -0.39 is 0 Å². The molecule has 2 aliphatic heterocycles.